The number of aromatic nitrogens is 2. The second kappa shape index (κ2) is 7.78. The van der Waals surface area contributed by atoms with E-state index in [1.165, 1.54) is 12.3 Å². The highest BCUT2D eigenvalue weighted by Crippen LogP contribution is 2.38. The van der Waals surface area contributed by atoms with Crippen molar-refractivity contribution in [2.24, 2.45) is 0 Å². The van der Waals surface area contributed by atoms with Gasteiger partial charge in [-0.05, 0) is 25.8 Å². The van der Waals surface area contributed by atoms with Gasteiger partial charge in [0, 0.05) is 24.3 Å². The molecule has 0 atom stereocenters. The maximum Gasteiger partial charge on any atom is 0.435 e. The number of hydrogen-bond acceptors (Lipinski definition) is 5. The summed E-state index contributed by atoms with van der Waals surface area (Å²) in [5.41, 5.74) is -0.277. The Hall–Kier alpha value is -2.63. The molecule has 0 bridgehead atoms. The number of rotatable bonds is 5. The molecule has 0 radical (unpaired) electrons. The summed E-state index contributed by atoms with van der Waals surface area (Å²) in [6.45, 7) is 2.15. The maximum atomic E-state index is 13.4. The summed E-state index contributed by atoms with van der Waals surface area (Å²) < 4.78 is 40.2. The summed E-state index contributed by atoms with van der Waals surface area (Å²) >= 11 is 0.670. The second-order valence-electron chi connectivity index (χ2n) is 6.31. The number of thiazole rings is 1. The molecule has 0 spiro atoms. The van der Waals surface area contributed by atoms with Gasteiger partial charge < -0.3 is 10.6 Å². The number of hydrogen-bond donors (Lipinski definition) is 3. The summed E-state index contributed by atoms with van der Waals surface area (Å²) in [5, 5.41) is 7.64. The van der Waals surface area contributed by atoms with Crippen LogP contribution in [0, 0.1) is 0 Å². The van der Waals surface area contributed by atoms with Gasteiger partial charge in [0.15, 0.2) is 5.69 Å². The third-order valence-corrected chi connectivity index (χ3v) is 5.01. The largest absolute Gasteiger partial charge is 0.435 e. The topological polar surface area (TPSA) is 96.0 Å². The number of amides is 3. The normalized spacial score (nSPS) is 13.9. The highest BCUT2D eigenvalue weighted by Gasteiger charge is 2.40. The first kappa shape index (κ1) is 20.1. The van der Waals surface area contributed by atoms with Crippen molar-refractivity contribution in [1.82, 2.24) is 20.6 Å². The van der Waals surface area contributed by atoms with Gasteiger partial charge in [0.05, 0.1) is 0 Å². The molecule has 0 unspecified atom stereocenters. The lowest BCUT2D eigenvalue weighted by molar-refractivity contribution is -0.141. The van der Waals surface area contributed by atoms with E-state index >= 15 is 0 Å². The number of halogens is 3. The van der Waals surface area contributed by atoms with Crippen molar-refractivity contribution in [1.29, 1.82) is 0 Å². The van der Waals surface area contributed by atoms with Crippen LogP contribution in [0.3, 0.4) is 0 Å². The van der Waals surface area contributed by atoms with E-state index in [1.54, 1.807) is 14.8 Å². The average Bonchev–Trinajstić information content (AvgIpc) is 3.29. The Labute approximate surface area is 163 Å². The van der Waals surface area contributed by atoms with E-state index in [9.17, 15) is 22.8 Å². The van der Waals surface area contributed by atoms with Crippen LogP contribution in [0.1, 0.15) is 35.1 Å². The SMILES string of the molecule is Bc1cnc(NC(=O)NCC)cc1-c1nc(C(F)(F)F)c(C(=O)NC2CC2)s1. The summed E-state index contributed by atoms with van der Waals surface area (Å²) in [6.07, 6.45) is -1.81. The van der Waals surface area contributed by atoms with Crippen molar-refractivity contribution in [2.45, 2.75) is 32.0 Å². The fourth-order valence-electron chi connectivity index (χ4n) is 2.40. The molecule has 2 aromatic rings. The minimum Gasteiger partial charge on any atom is -0.349 e. The zero-order valence-electron chi connectivity index (χ0n) is 15.1. The first-order valence-corrected chi connectivity index (χ1v) is 9.41. The zero-order chi connectivity index (χ0) is 20.5. The molecule has 2 heterocycles. The van der Waals surface area contributed by atoms with Gasteiger partial charge in [-0.15, -0.1) is 11.3 Å². The Balaban J connectivity index is 1.97. The molecule has 0 aromatic carbocycles. The van der Waals surface area contributed by atoms with E-state index in [0.29, 0.717) is 28.9 Å². The molecular weight excluding hydrogens is 394 g/mol. The van der Waals surface area contributed by atoms with Crippen LogP contribution in [0.5, 0.6) is 0 Å². The van der Waals surface area contributed by atoms with Gasteiger partial charge in [0.1, 0.15) is 23.5 Å². The average molecular weight is 411 g/mol. The number of nitrogens with one attached hydrogen (secondary N) is 3. The van der Waals surface area contributed by atoms with Gasteiger partial charge in [0.25, 0.3) is 5.91 Å². The van der Waals surface area contributed by atoms with E-state index < -0.39 is 28.7 Å². The highest BCUT2D eigenvalue weighted by atomic mass is 32.1. The summed E-state index contributed by atoms with van der Waals surface area (Å²) in [6, 6.07) is 0.880. The summed E-state index contributed by atoms with van der Waals surface area (Å²) in [5.74, 6) is -0.606. The number of urea groups is 1. The molecule has 1 aliphatic carbocycles. The maximum absolute atomic E-state index is 13.4. The van der Waals surface area contributed by atoms with Crippen LogP contribution < -0.4 is 21.4 Å². The smallest absolute Gasteiger partial charge is 0.349 e. The monoisotopic (exact) mass is 411 g/mol. The lowest BCUT2D eigenvalue weighted by Crippen LogP contribution is -2.28. The molecule has 7 nitrogen and oxygen atoms in total. The fourth-order valence-corrected chi connectivity index (χ4v) is 3.47. The van der Waals surface area contributed by atoms with Gasteiger partial charge in [-0.25, -0.2) is 14.8 Å². The highest BCUT2D eigenvalue weighted by molar-refractivity contribution is 7.17. The number of pyridine rings is 1. The molecule has 1 fully saturated rings. The molecule has 1 aliphatic rings. The van der Waals surface area contributed by atoms with Crippen LogP contribution in [0.2, 0.25) is 0 Å². The predicted octanol–water partition coefficient (Wildman–Crippen LogP) is 1.52. The molecular formula is C16H17BF3N5O2S. The Morgan fingerprint density at radius 2 is 2.07 bits per heavy atom. The molecule has 12 heteroatoms. The standard InChI is InChI=1S/C16H17BF3N5O2S/c1-2-21-15(27)24-10-5-8(9(17)6-22-10)14-25-12(16(18,19)20)11(28-14)13(26)23-7-3-4-7/h5-7H,2-4,17H2,1H3,(H,23,26)(H2,21,22,24,27). The number of nitrogens with zero attached hydrogens (tertiary/aromatic N) is 2. The van der Waals surface area contributed by atoms with Crippen LogP contribution >= 0.6 is 11.3 Å². The first-order valence-electron chi connectivity index (χ1n) is 8.59. The number of carbonyl (C=O) groups excluding carboxylic acids is 2. The van der Waals surface area contributed by atoms with Crippen LogP contribution in [0.25, 0.3) is 10.6 Å². The molecule has 3 rings (SSSR count). The third-order valence-electron chi connectivity index (χ3n) is 3.93. The number of carbonyl (C=O) groups is 2. The Morgan fingerprint density at radius 1 is 1.36 bits per heavy atom. The Kier molecular flexibility index (Phi) is 5.59. The van der Waals surface area contributed by atoms with Crippen molar-refractivity contribution in [2.75, 3.05) is 11.9 Å². The van der Waals surface area contributed by atoms with Gasteiger partial charge >= 0.3 is 12.2 Å². The molecule has 0 aliphatic heterocycles. The number of alkyl halides is 3. The van der Waals surface area contributed by atoms with Crippen LogP contribution in [-0.2, 0) is 6.18 Å². The van der Waals surface area contributed by atoms with Crippen molar-refractivity contribution < 1.29 is 22.8 Å². The van der Waals surface area contributed by atoms with E-state index in [-0.39, 0.29) is 16.9 Å². The van der Waals surface area contributed by atoms with Crippen molar-refractivity contribution in [3.63, 3.8) is 0 Å². The molecule has 3 N–H and O–H groups in total. The Morgan fingerprint density at radius 3 is 2.68 bits per heavy atom. The van der Waals surface area contributed by atoms with E-state index in [2.05, 4.69) is 25.9 Å². The van der Waals surface area contributed by atoms with Crippen LogP contribution in [0.15, 0.2) is 12.3 Å². The molecule has 2 aromatic heterocycles. The first-order chi connectivity index (χ1) is 13.2. The molecule has 3 amide bonds. The quantitative estimate of drug-likeness (QED) is 0.651. The number of anilines is 1. The van der Waals surface area contributed by atoms with E-state index in [4.69, 9.17) is 0 Å². The van der Waals surface area contributed by atoms with Gasteiger partial charge in [-0.2, -0.15) is 13.2 Å². The van der Waals surface area contributed by atoms with E-state index in [0.717, 1.165) is 12.8 Å². The lowest BCUT2D eigenvalue weighted by atomic mass is 9.93. The van der Waals surface area contributed by atoms with Crippen LogP contribution in [0.4, 0.5) is 23.8 Å². The third kappa shape index (κ3) is 4.61. The molecule has 0 saturated heterocycles. The van der Waals surface area contributed by atoms with Crippen molar-refractivity contribution in [3.8, 4) is 10.6 Å². The lowest BCUT2D eigenvalue weighted by Gasteiger charge is -2.08. The molecule has 1 saturated carbocycles. The van der Waals surface area contributed by atoms with Gasteiger partial charge in [0.2, 0.25) is 0 Å². The van der Waals surface area contributed by atoms with Gasteiger partial charge in [-0.1, -0.05) is 5.46 Å². The zero-order valence-corrected chi connectivity index (χ0v) is 15.9. The van der Waals surface area contributed by atoms with E-state index in [1.807, 2.05) is 0 Å². The minimum absolute atomic E-state index is 0.0344. The predicted molar refractivity (Wildman–Crippen MR) is 102 cm³/mol. The van der Waals surface area contributed by atoms with Crippen molar-refractivity contribution in [3.05, 3.63) is 22.8 Å². The minimum atomic E-state index is -4.76. The molecule has 148 valence electrons. The van der Waals surface area contributed by atoms with Crippen molar-refractivity contribution >= 4 is 42.4 Å². The fraction of sp³-hybridized carbons (Fsp3) is 0.375. The Bertz CT molecular complexity index is 914. The summed E-state index contributed by atoms with van der Waals surface area (Å²) in [7, 11) is 1.66. The van der Waals surface area contributed by atoms with Gasteiger partial charge in [-0.3, -0.25) is 10.1 Å². The molecule has 28 heavy (non-hydrogen) atoms. The van der Waals surface area contributed by atoms with Crippen LogP contribution in [-0.4, -0.2) is 42.3 Å². The summed E-state index contributed by atoms with van der Waals surface area (Å²) in [4.78, 5) is 31.2. The second-order valence-corrected chi connectivity index (χ2v) is 7.31.